The van der Waals surface area contributed by atoms with Gasteiger partial charge >= 0.3 is 6.18 Å². The molecule has 4 aromatic carbocycles. The van der Waals surface area contributed by atoms with Gasteiger partial charge in [-0.1, -0.05) is 50.5 Å². The molecular formula is C31H26F8. The van der Waals surface area contributed by atoms with Gasteiger partial charge < -0.3 is 0 Å². The third kappa shape index (κ3) is 6.43. The van der Waals surface area contributed by atoms with Gasteiger partial charge in [0.05, 0.1) is 5.56 Å². The number of rotatable bonds is 9. The van der Waals surface area contributed by atoms with E-state index in [9.17, 15) is 30.7 Å². The van der Waals surface area contributed by atoms with E-state index in [4.69, 9.17) is 0 Å². The maximum absolute atomic E-state index is 15.2. The van der Waals surface area contributed by atoms with Crippen LogP contribution in [-0.4, -0.2) is 0 Å². The topological polar surface area (TPSA) is 0 Å². The Morgan fingerprint density at radius 3 is 1.85 bits per heavy atom. The van der Waals surface area contributed by atoms with Gasteiger partial charge in [-0.05, 0) is 83.7 Å². The Morgan fingerprint density at radius 2 is 1.23 bits per heavy atom. The summed E-state index contributed by atoms with van der Waals surface area (Å²) in [4.78, 5) is 0. The fourth-order valence-corrected chi connectivity index (χ4v) is 4.81. The van der Waals surface area contributed by atoms with Gasteiger partial charge in [0, 0.05) is 5.39 Å². The zero-order valence-electron chi connectivity index (χ0n) is 21.2. The Labute approximate surface area is 221 Å². The molecule has 0 aromatic heterocycles. The molecule has 4 aromatic rings. The van der Waals surface area contributed by atoms with E-state index < -0.39 is 40.8 Å². The van der Waals surface area contributed by atoms with Crippen molar-refractivity contribution in [1.82, 2.24) is 0 Å². The van der Waals surface area contributed by atoms with Crippen LogP contribution in [0, 0.1) is 29.1 Å². The number of alkyl halides is 3. The number of benzene rings is 4. The summed E-state index contributed by atoms with van der Waals surface area (Å²) >= 11 is 0. The molecule has 0 aliphatic rings. The molecule has 0 heterocycles. The van der Waals surface area contributed by atoms with Crippen molar-refractivity contribution < 1.29 is 35.1 Å². The van der Waals surface area contributed by atoms with Gasteiger partial charge in [-0.15, -0.1) is 0 Å². The van der Waals surface area contributed by atoms with Crippen LogP contribution in [0.4, 0.5) is 35.1 Å². The summed E-state index contributed by atoms with van der Waals surface area (Å²) in [6.45, 7) is 2.08. The monoisotopic (exact) mass is 550 g/mol. The first-order valence-corrected chi connectivity index (χ1v) is 12.7. The van der Waals surface area contributed by atoms with Crippen LogP contribution < -0.4 is 0 Å². The summed E-state index contributed by atoms with van der Waals surface area (Å²) in [6, 6.07) is 11.1. The highest BCUT2D eigenvalue weighted by molar-refractivity contribution is 5.88. The van der Waals surface area contributed by atoms with E-state index in [0.29, 0.717) is 29.5 Å². The zero-order valence-corrected chi connectivity index (χ0v) is 21.2. The third-order valence-electron chi connectivity index (χ3n) is 6.81. The molecule has 39 heavy (non-hydrogen) atoms. The summed E-state index contributed by atoms with van der Waals surface area (Å²) in [5.41, 5.74) is -1.21. The Hall–Kier alpha value is -3.42. The number of fused-ring (bicyclic) bond motifs is 1. The lowest BCUT2D eigenvalue weighted by atomic mass is 9.95. The Kier molecular flexibility index (Phi) is 8.62. The molecular weight excluding hydrogens is 524 g/mol. The highest BCUT2D eigenvalue weighted by Crippen LogP contribution is 2.35. The van der Waals surface area contributed by atoms with Crippen LogP contribution in [0.15, 0.2) is 54.6 Å². The van der Waals surface area contributed by atoms with E-state index in [-0.39, 0.29) is 40.5 Å². The third-order valence-corrected chi connectivity index (χ3v) is 6.81. The van der Waals surface area contributed by atoms with Gasteiger partial charge in [0.15, 0.2) is 0 Å². The van der Waals surface area contributed by atoms with Crippen LogP contribution in [0.3, 0.4) is 0 Å². The normalized spacial score (nSPS) is 11.9. The molecule has 0 N–H and O–H groups in total. The van der Waals surface area contributed by atoms with Gasteiger partial charge in [-0.2, -0.15) is 13.2 Å². The largest absolute Gasteiger partial charge is 0.422 e. The van der Waals surface area contributed by atoms with Gasteiger partial charge in [0.1, 0.15) is 34.6 Å². The summed E-state index contributed by atoms with van der Waals surface area (Å²) < 4.78 is 111. The van der Waals surface area contributed by atoms with Crippen molar-refractivity contribution in [3.8, 4) is 11.1 Å². The van der Waals surface area contributed by atoms with Crippen LogP contribution in [0.1, 0.15) is 54.9 Å². The smallest absolute Gasteiger partial charge is 0.206 e. The first-order chi connectivity index (χ1) is 18.5. The second-order valence-corrected chi connectivity index (χ2v) is 9.65. The van der Waals surface area contributed by atoms with Crippen LogP contribution in [0.5, 0.6) is 0 Å². The minimum absolute atomic E-state index is 0.0310. The molecule has 0 unspecified atom stereocenters. The molecule has 0 aliphatic carbocycles. The molecule has 0 amide bonds. The molecule has 0 nitrogen and oxygen atoms in total. The van der Waals surface area contributed by atoms with Crippen molar-refractivity contribution in [2.24, 2.45) is 0 Å². The maximum Gasteiger partial charge on any atom is 0.422 e. The summed E-state index contributed by atoms with van der Waals surface area (Å²) in [6.07, 6.45) is -0.784. The Morgan fingerprint density at radius 1 is 0.615 bits per heavy atom. The fraction of sp³-hybridized carbons (Fsp3) is 0.290. The standard InChI is InChI=1S/C31H26F8/c1-2-3-4-5-6-18-13-24(32)28(25(33)14-18)22-11-12-23-21(17-22)10-9-20(30(23)36)8-7-19-15-26(34)29(27(35)16-19)31(37,38)39/h9-17H,2-8H2,1H3. The SMILES string of the molecule is CCCCCCc1cc(F)c(-c2ccc3c(F)c(CCc4cc(F)c(C(F)(F)F)c(F)c4)ccc3c2)c(F)c1. The average Bonchev–Trinajstić information content (AvgIpc) is 2.84. The Balaban J connectivity index is 1.55. The van der Waals surface area contributed by atoms with Crippen LogP contribution in [0.25, 0.3) is 21.9 Å². The van der Waals surface area contributed by atoms with Crippen molar-refractivity contribution in [2.75, 3.05) is 0 Å². The van der Waals surface area contributed by atoms with E-state index in [0.717, 1.165) is 25.7 Å². The summed E-state index contributed by atoms with van der Waals surface area (Å²) in [5.74, 6) is -5.49. The van der Waals surface area contributed by atoms with E-state index in [1.165, 1.54) is 36.4 Å². The quantitative estimate of drug-likeness (QED) is 0.144. The minimum Gasteiger partial charge on any atom is -0.206 e. The highest BCUT2D eigenvalue weighted by Gasteiger charge is 2.37. The average molecular weight is 551 g/mol. The predicted molar refractivity (Wildman–Crippen MR) is 136 cm³/mol. The van der Waals surface area contributed by atoms with Gasteiger partial charge in [0.25, 0.3) is 0 Å². The molecule has 0 bridgehead atoms. The van der Waals surface area contributed by atoms with Crippen molar-refractivity contribution >= 4 is 10.8 Å². The minimum atomic E-state index is -5.17. The summed E-state index contributed by atoms with van der Waals surface area (Å²) in [5, 5.41) is 0.567. The fourth-order valence-electron chi connectivity index (χ4n) is 4.81. The highest BCUT2D eigenvalue weighted by atomic mass is 19.4. The number of hydrogen-bond donors (Lipinski definition) is 0. The van der Waals surface area contributed by atoms with Crippen molar-refractivity contribution in [3.05, 3.63) is 106 Å². The van der Waals surface area contributed by atoms with Gasteiger partial charge in [-0.25, -0.2) is 22.0 Å². The van der Waals surface area contributed by atoms with Crippen molar-refractivity contribution in [1.29, 1.82) is 0 Å². The zero-order chi connectivity index (χ0) is 28.3. The molecule has 0 spiro atoms. The second-order valence-electron chi connectivity index (χ2n) is 9.65. The van der Waals surface area contributed by atoms with Crippen LogP contribution in [0.2, 0.25) is 0 Å². The van der Waals surface area contributed by atoms with E-state index in [1.54, 1.807) is 6.07 Å². The molecule has 206 valence electrons. The van der Waals surface area contributed by atoms with E-state index in [2.05, 4.69) is 6.92 Å². The lowest BCUT2D eigenvalue weighted by Gasteiger charge is -2.12. The molecule has 0 atom stereocenters. The molecule has 0 saturated carbocycles. The number of aryl methyl sites for hydroxylation is 3. The molecule has 0 saturated heterocycles. The second kappa shape index (κ2) is 11.8. The first-order valence-electron chi connectivity index (χ1n) is 12.7. The molecule has 8 heteroatoms. The maximum atomic E-state index is 15.2. The molecule has 0 fully saturated rings. The summed E-state index contributed by atoms with van der Waals surface area (Å²) in [7, 11) is 0. The number of hydrogen-bond acceptors (Lipinski definition) is 0. The number of halogens is 8. The molecule has 0 radical (unpaired) electrons. The molecule has 0 aliphatic heterocycles. The van der Waals surface area contributed by atoms with Crippen molar-refractivity contribution in [2.45, 2.75) is 58.0 Å². The van der Waals surface area contributed by atoms with Crippen molar-refractivity contribution in [3.63, 3.8) is 0 Å². The lowest BCUT2D eigenvalue weighted by molar-refractivity contribution is -0.142. The molecule has 4 rings (SSSR count). The van der Waals surface area contributed by atoms with Crippen LogP contribution in [-0.2, 0) is 25.4 Å². The lowest BCUT2D eigenvalue weighted by Crippen LogP contribution is -2.12. The van der Waals surface area contributed by atoms with E-state index in [1.807, 2.05) is 0 Å². The van der Waals surface area contributed by atoms with Crippen LogP contribution >= 0.6 is 0 Å². The first kappa shape index (κ1) is 28.6. The number of unbranched alkanes of at least 4 members (excludes halogenated alkanes) is 3. The Bertz CT molecular complexity index is 1440. The van der Waals surface area contributed by atoms with Gasteiger partial charge in [-0.3, -0.25) is 0 Å². The van der Waals surface area contributed by atoms with Gasteiger partial charge in [0.2, 0.25) is 0 Å². The van der Waals surface area contributed by atoms with E-state index >= 15 is 4.39 Å². The predicted octanol–water partition coefficient (Wildman–Crippen LogP) is 10.1.